The van der Waals surface area contributed by atoms with Gasteiger partial charge in [0.25, 0.3) is 0 Å². The fraction of sp³-hybridized carbons (Fsp3) is 0.360. The fourth-order valence-electron chi connectivity index (χ4n) is 4.70. The highest BCUT2D eigenvalue weighted by Crippen LogP contribution is 2.31. The Kier molecular flexibility index (Phi) is 7.10. The first-order valence-corrected chi connectivity index (χ1v) is 14.0. The first-order chi connectivity index (χ1) is 17.4. The van der Waals surface area contributed by atoms with Gasteiger partial charge in [-0.2, -0.15) is 13.9 Å². The van der Waals surface area contributed by atoms with Crippen molar-refractivity contribution in [2.75, 3.05) is 32.1 Å². The minimum absolute atomic E-state index is 0.297. The molecule has 2 aliphatic rings. The summed E-state index contributed by atoms with van der Waals surface area (Å²) >= 11 is 6.53. The normalized spacial score (nSPS) is 17.6. The van der Waals surface area contributed by atoms with Crippen molar-refractivity contribution < 1.29 is 13.2 Å². The van der Waals surface area contributed by atoms with Gasteiger partial charge in [-0.3, -0.25) is 0 Å². The van der Waals surface area contributed by atoms with E-state index in [0.717, 1.165) is 65.5 Å². The van der Waals surface area contributed by atoms with Crippen LogP contribution in [0.5, 0.6) is 5.75 Å². The fourth-order valence-corrected chi connectivity index (χ4v) is 6.44. The van der Waals surface area contributed by atoms with Crippen molar-refractivity contribution in [3.05, 3.63) is 59.4 Å². The van der Waals surface area contributed by atoms with Crippen LogP contribution in [0.15, 0.2) is 58.6 Å². The maximum Gasteiger partial charge on any atom is 0.243 e. The van der Waals surface area contributed by atoms with Gasteiger partial charge < -0.3 is 10.1 Å². The molecule has 11 heteroatoms. The Morgan fingerprint density at radius 1 is 1.22 bits per heavy atom. The van der Waals surface area contributed by atoms with Gasteiger partial charge in [0, 0.05) is 42.5 Å². The topological polar surface area (TPSA) is 88.8 Å². The van der Waals surface area contributed by atoms with Gasteiger partial charge in [0.2, 0.25) is 10.0 Å². The monoisotopic (exact) mass is 525 g/mol. The van der Waals surface area contributed by atoms with Gasteiger partial charge in [0.05, 0.1) is 17.7 Å². The van der Waals surface area contributed by atoms with Crippen LogP contribution >= 0.6 is 11.6 Å². The summed E-state index contributed by atoms with van der Waals surface area (Å²) in [5.41, 5.74) is 3.57. The van der Waals surface area contributed by atoms with Crippen molar-refractivity contribution in [2.45, 2.75) is 30.6 Å². The molecule has 0 saturated carbocycles. The largest absolute Gasteiger partial charge is 0.497 e. The highest BCUT2D eigenvalue weighted by Gasteiger charge is 2.29. The van der Waals surface area contributed by atoms with E-state index in [1.807, 2.05) is 30.7 Å². The molecular weight excluding hydrogens is 497 g/mol. The molecule has 1 N–H and O–H groups in total. The van der Waals surface area contributed by atoms with E-state index < -0.39 is 10.0 Å². The van der Waals surface area contributed by atoms with Crippen molar-refractivity contribution >= 4 is 52.0 Å². The van der Waals surface area contributed by atoms with Gasteiger partial charge in [-0.1, -0.05) is 23.8 Å². The first-order valence-electron chi connectivity index (χ1n) is 12.2. The minimum atomic E-state index is -3.52. The number of fused-ring (bicyclic) bond motifs is 1. The molecule has 0 radical (unpaired) electrons. The summed E-state index contributed by atoms with van der Waals surface area (Å²) < 4.78 is 34.7. The van der Waals surface area contributed by atoms with Crippen molar-refractivity contribution in [3.8, 4) is 5.75 Å². The van der Waals surface area contributed by atoms with E-state index in [1.165, 1.54) is 0 Å². The Balaban J connectivity index is 1.28. The Labute approximate surface area is 217 Å². The number of hydrogen-bond donors (Lipinski definition) is 1. The molecule has 2 aromatic heterocycles. The number of sulfonamides is 1. The summed E-state index contributed by atoms with van der Waals surface area (Å²) in [4.78, 5) is 5.12. The molecule has 1 aliphatic carbocycles. The minimum Gasteiger partial charge on any atom is -0.497 e. The van der Waals surface area contributed by atoms with Crippen molar-refractivity contribution in [1.29, 1.82) is 0 Å². The smallest absolute Gasteiger partial charge is 0.243 e. The van der Waals surface area contributed by atoms with Crippen LogP contribution in [0.2, 0.25) is 0 Å². The number of methoxy groups -OCH3 is 1. The summed E-state index contributed by atoms with van der Waals surface area (Å²) in [6.45, 7) is 1.70. The van der Waals surface area contributed by atoms with Crippen LogP contribution in [0, 0.1) is 5.92 Å². The zero-order chi connectivity index (χ0) is 25.3. The lowest BCUT2D eigenvalue weighted by Crippen LogP contribution is -2.39. The SMILES string of the molecule is Bc1cnn2c(NCC3CCN(S(=O)(=O)c4ccc(OC)cc4)CC3)cc(C3=C(Cl)CCC=C3)nc12. The lowest BCUT2D eigenvalue weighted by molar-refractivity contribution is 0.282. The molecule has 0 unspecified atom stereocenters. The molecule has 1 aromatic carbocycles. The molecule has 188 valence electrons. The Bertz CT molecular complexity index is 1430. The van der Waals surface area contributed by atoms with Crippen molar-refractivity contribution in [2.24, 2.45) is 5.92 Å². The summed E-state index contributed by atoms with van der Waals surface area (Å²) in [5, 5.41) is 8.88. The Hall–Kier alpha value is -2.82. The molecule has 0 bridgehead atoms. The van der Waals surface area contributed by atoms with Gasteiger partial charge in [-0.15, -0.1) is 0 Å². The molecule has 36 heavy (non-hydrogen) atoms. The second-order valence-corrected chi connectivity index (χ2v) is 11.6. The summed E-state index contributed by atoms with van der Waals surface area (Å²) in [6.07, 6.45) is 9.29. The van der Waals surface area contributed by atoms with Crippen LogP contribution < -0.4 is 15.5 Å². The second kappa shape index (κ2) is 10.3. The molecule has 1 saturated heterocycles. The third kappa shape index (κ3) is 4.90. The third-order valence-electron chi connectivity index (χ3n) is 6.87. The number of hydrogen-bond acceptors (Lipinski definition) is 6. The number of benzene rings is 1. The van der Waals surface area contributed by atoms with Crippen LogP contribution in [-0.4, -0.2) is 61.9 Å². The molecule has 0 amide bonds. The van der Waals surface area contributed by atoms with E-state index in [9.17, 15) is 8.42 Å². The lowest BCUT2D eigenvalue weighted by Gasteiger charge is -2.31. The molecule has 1 aliphatic heterocycles. The Morgan fingerprint density at radius 3 is 2.67 bits per heavy atom. The average molecular weight is 526 g/mol. The molecule has 8 nitrogen and oxygen atoms in total. The molecular formula is C25H29BClN5O3S. The predicted octanol–water partition coefficient (Wildman–Crippen LogP) is 2.81. The molecule has 0 atom stereocenters. The number of nitrogens with one attached hydrogen (secondary N) is 1. The van der Waals surface area contributed by atoms with E-state index in [0.29, 0.717) is 29.7 Å². The molecule has 3 aromatic rings. The van der Waals surface area contributed by atoms with Gasteiger partial charge >= 0.3 is 0 Å². The number of aromatic nitrogens is 3. The summed E-state index contributed by atoms with van der Waals surface area (Å²) in [6, 6.07) is 8.55. The number of anilines is 1. The van der Waals surface area contributed by atoms with Crippen molar-refractivity contribution in [1.82, 2.24) is 18.9 Å². The first kappa shape index (κ1) is 24.9. The lowest BCUT2D eigenvalue weighted by atomic mass is 9.98. The average Bonchev–Trinajstić information content (AvgIpc) is 3.28. The highest BCUT2D eigenvalue weighted by molar-refractivity contribution is 7.89. The number of rotatable bonds is 7. The number of ether oxygens (including phenoxy) is 1. The zero-order valence-corrected chi connectivity index (χ0v) is 22.0. The van der Waals surface area contributed by atoms with Gasteiger partial charge in [-0.05, 0) is 61.3 Å². The molecule has 3 heterocycles. The molecule has 5 rings (SSSR count). The number of nitrogens with zero attached hydrogens (tertiary/aromatic N) is 4. The van der Waals surface area contributed by atoms with E-state index >= 15 is 0 Å². The number of piperidine rings is 1. The van der Waals surface area contributed by atoms with E-state index in [2.05, 4.69) is 16.5 Å². The van der Waals surface area contributed by atoms with Crippen LogP contribution in [-0.2, 0) is 10.0 Å². The van der Waals surface area contributed by atoms with Gasteiger partial charge in [0.1, 0.15) is 19.4 Å². The third-order valence-corrected chi connectivity index (χ3v) is 9.18. The highest BCUT2D eigenvalue weighted by atomic mass is 35.5. The van der Waals surface area contributed by atoms with E-state index in [-0.39, 0.29) is 0 Å². The van der Waals surface area contributed by atoms with Crippen LogP contribution in [0.1, 0.15) is 31.4 Å². The van der Waals surface area contributed by atoms with Gasteiger partial charge in [-0.25, -0.2) is 13.4 Å². The molecule has 0 spiro atoms. The quantitative estimate of drug-likeness (QED) is 0.477. The summed E-state index contributed by atoms with van der Waals surface area (Å²) in [5.74, 6) is 1.83. The van der Waals surface area contributed by atoms with Crippen LogP contribution in [0.4, 0.5) is 5.82 Å². The second-order valence-electron chi connectivity index (χ2n) is 9.25. The summed E-state index contributed by atoms with van der Waals surface area (Å²) in [7, 11) is 0.0412. The standard InChI is InChI=1S/C25H29BClN5O3S/c1-35-18-6-8-19(9-7-18)36(33,34)31-12-10-17(11-13-31)15-28-24-14-23(20-4-2-3-5-22(20)27)30-25-21(26)16-29-32(24)25/h2,4,6-9,14,16-17,28H,3,5,10-13,15,26H2,1H3. The van der Waals surface area contributed by atoms with Crippen molar-refractivity contribution in [3.63, 3.8) is 0 Å². The number of halogens is 1. The zero-order valence-electron chi connectivity index (χ0n) is 20.4. The molecule has 1 fully saturated rings. The van der Waals surface area contributed by atoms with Gasteiger partial charge in [0.15, 0.2) is 5.65 Å². The number of allylic oxidation sites excluding steroid dienone is 4. The van der Waals surface area contributed by atoms with Crippen LogP contribution in [0.3, 0.4) is 0 Å². The van der Waals surface area contributed by atoms with E-state index in [1.54, 1.807) is 35.7 Å². The Morgan fingerprint density at radius 2 is 1.97 bits per heavy atom. The maximum atomic E-state index is 13.1. The maximum absolute atomic E-state index is 13.1. The van der Waals surface area contributed by atoms with E-state index in [4.69, 9.17) is 21.3 Å². The predicted molar refractivity (Wildman–Crippen MR) is 145 cm³/mol. The van der Waals surface area contributed by atoms with Crippen LogP contribution in [0.25, 0.3) is 11.2 Å².